The second-order valence-electron chi connectivity index (χ2n) is 5.05. The third kappa shape index (κ3) is 3.79. The van der Waals surface area contributed by atoms with Gasteiger partial charge in [0.05, 0.1) is 6.10 Å². The number of nitrogens with two attached hydrogens (primary N) is 1. The maximum atomic E-state index is 12.3. The van der Waals surface area contributed by atoms with E-state index in [-0.39, 0.29) is 12.6 Å². The van der Waals surface area contributed by atoms with Gasteiger partial charge in [-0.05, 0) is 43.6 Å². The summed E-state index contributed by atoms with van der Waals surface area (Å²) in [7, 11) is -3.47. The largest absolute Gasteiger partial charge is 0.378 e. The van der Waals surface area contributed by atoms with Crippen LogP contribution in [0.15, 0.2) is 10.3 Å². The van der Waals surface area contributed by atoms with Crippen LogP contribution in [0, 0.1) is 6.92 Å². The summed E-state index contributed by atoms with van der Waals surface area (Å²) in [5, 5.41) is 1.83. The van der Waals surface area contributed by atoms with Gasteiger partial charge in [-0.25, -0.2) is 13.1 Å². The van der Waals surface area contributed by atoms with Gasteiger partial charge in [0.2, 0.25) is 10.0 Å². The molecule has 0 amide bonds. The van der Waals surface area contributed by atoms with Crippen LogP contribution < -0.4 is 10.5 Å². The first-order valence-electron chi connectivity index (χ1n) is 6.93. The highest BCUT2D eigenvalue weighted by atomic mass is 32.2. The van der Waals surface area contributed by atoms with Crippen molar-refractivity contribution in [1.82, 2.24) is 4.72 Å². The van der Waals surface area contributed by atoms with Gasteiger partial charge in [0.25, 0.3) is 0 Å². The van der Waals surface area contributed by atoms with Gasteiger partial charge in [-0.3, -0.25) is 0 Å². The fourth-order valence-corrected chi connectivity index (χ4v) is 5.20. The molecular weight excluding hydrogens is 296 g/mol. The molecule has 1 aromatic rings. The number of hydrogen-bond acceptors (Lipinski definition) is 5. The number of ether oxygens (including phenoxy) is 1. The zero-order chi connectivity index (χ0) is 14.6. The minimum absolute atomic E-state index is 0.184. The second kappa shape index (κ2) is 7.00. The van der Waals surface area contributed by atoms with Crippen molar-refractivity contribution in [2.24, 2.45) is 5.73 Å². The van der Waals surface area contributed by atoms with Crippen molar-refractivity contribution < 1.29 is 13.2 Å². The fraction of sp³-hybridized carbons (Fsp3) is 0.692. The minimum atomic E-state index is -3.47. The van der Waals surface area contributed by atoms with Crippen LogP contribution >= 0.6 is 11.3 Å². The van der Waals surface area contributed by atoms with Gasteiger partial charge in [0.15, 0.2) is 0 Å². The van der Waals surface area contributed by atoms with Gasteiger partial charge in [-0.2, -0.15) is 0 Å². The molecule has 1 aliphatic heterocycles. The minimum Gasteiger partial charge on any atom is -0.378 e. The number of aryl methyl sites for hydroxylation is 1. The molecule has 2 heterocycles. The predicted octanol–water partition coefficient (Wildman–Crippen LogP) is 1.75. The number of hydrogen-bond donors (Lipinski definition) is 2. The summed E-state index contributed by atoms with van der Waals surface area (Å²) in [5.41, 5.74) is 6.37. The van der Waals surface area contributed by atoms with E-state index in [1.807, 2.05) is 5.38 Å². The molecule has 0 spiro atoms. The first-order chi connectivity index (χ1) is 9.54. The summed E-state index contributed by atoms with van der Waals surface area (Å²) in [6.45, 7) is 3.25. The van der Waals surface area contributed by atoms with Crippen molar-refractivity contribution in [3.05, 3.63) is 15.8 Å². The molecule has 3 N–H and O–H groups in total. The van der Waals surface area contributed by atoms with Gasteiger partial charge in [-0.1, -0.05) is 0 Å². The van der Waals surface area contributed by atoms with E-state index in [0.29, 0.717) is 16.3 Å². The van der Waals surface area contributed by atoms with Crippen molar-refractivity contribution >= 4 is 21.4 Å². The standard InChI is InChI=1S/C13H22N2O3S2/c1-10-9-19-12(8-14)13(10)20(16,17)15-6-5-11-4-2-3-7-18-11/h9,11,15H,2-8,14H2,1H3. The molecule has 1 unspecified atom stereocenters. The Morgan fingerprint density at radius 2 is 2.30 bits per heavy atom. The quantitative estimate of drug-likeness (QED) is 0.837. The Balaban J connectivity index is 1.95. The molecule has 1 fully saturated rings. The monoisotopic (exact) mass is 318 g/mol. The maximum Gasteiger partial charge on any atom is 0.241 e. The summed E-state index contributed by atoms with van der Waals surface area (Å²) < 4.78 is 32.9. The Bertz CT molecular complexity index is 534. The first-order valence-corrected chi connectivity index (χ1v) is 9.29. The van der Waals surface area contributed by atoms with Crippen LogP contribution in [-0.4, -0.2) is 27.7 Å². The summed E-state index contributed by atoms with van der Waals surface area (Å²) in [5.74, 6) is 0. The average Bonchev–Trinajstić information content (AvgIpc) is 2.81. The molecule has 20 heavy (non-hydrogen) atoms. The van der Waals surface area contributed by atoms with Crippen molar-refractivity contribution in [1.29, 1.82) is 0 Å². The van der Waals surface area contributed by atoms with Crippen LogP contribution in [0.4, 0.5) is 0 Å². The lowest BCUT2D eigenvalue weighted by atomic mass is 10.1. The number of rotatable bonds is 6. The van der Waals surface area contributed by atoms with Gasteiger partial charge < -0.3 is 10.5 Å². The van der Waals surface area contributed by atoms with Crippen molar-refractivity contribution in [2.45, 2.75) is 50.2 Å². The Labute approximate surface area is 124 Å². The van der Waals surface area contributed by atoms with E-state index >= 15 is 0 Å². The normalized spacial score (nSPS) is 20.2. The van der Waals surface area contributed by atoms with E-state index < -0.39 is 10.0 Å². The molecule has 0 radical (unpaired) electrons. The van der Waals surface area contributed by atoms with Crippen molar-refractivity contribution in [3.8, 4) is 0 Å². The smallest absolute Gasteiger partial charge is 0.241 e. The Morgan fingerprint density at radius 1 is 1.50 bits per heavy atom. The lowest BCUT2D eigenvalue weighted by molar-refractivity contribution is 0.0123. The number of sulfonamides is 1. The molecule has 114 valence electrons. The highest BCUT2D eigenvalue weighted by Gasteiger charge is 2.22. The van der Waals surface area contributed by atoms with Crippen LogP contribution in [0.3, 0.4) is 0 Å². The lowest BCUT2D eigenvalue weighted by Crippen LogP contribution is -2.30. The molecule has 1 atom stereocenters. The Morgan fingerprint density at radius 3 is 2.95 bits per heavy atom. The highest BCUT2D eigenvalue weighted by Crippen LogP contribution is 2.26. The second-order valence-corrected chi connectivity index (χ2v) is 7.72. The summed E-state index contributed by atoms with van der Waals surface area (Å²) in [6, 6.07) is 0. The third-order valence-corrected chi connectivity index (χ3v) is 6.42. The molecule has 0 aromatic carbocycles. The molecule has 1 aromatic heterocycles. The van der Waals surface area contributed by atoms with Crippen molar-refractivity contribution in [3.63, 3.8) is 0 Å². The van der Waals surface area contributed by atoms with Gasteiger partial charge in [0.1, 0.15) is 4.90 Å². The fourth-order valence-electron chi connectivity index (χ4n) is 2.45. The molecular formula is C13H22N2O3S2. The number of thiophene rings is 1. The molecule has 1 aliphatic rings. The average molecular weight is 318 g/mol. The molecule has 0 bridgehead atoms. The van der Waals surface area contributed by atoms with Crippen LogP contribution in [-0.2, 0) is 21.3 Å². The summed E-state index contributed by atoms with van der Waals surface area (Å²) in [6.07, 6.45) is 4.20. The third-order valence-electron chi connectivity index (χ3n) is 3.48. The maximum absolute atomic E-state index is 12.3. The topological polar surface area (TPSA) is 81.4 Å². The zero-order valence-corrected chi connectivity index (χ0v) is 13.4. The SMILES string of the molecule is Cc1csc(CN)c1S(=O)(=O)NCCC1CCCCO1. The predicted molar refractivity (Wildman–Crippen MR) is 80.3 cm³/mol. The van der Waals surface area contributed by atoms with Crippen LogP contribution in [0.1, 0.15) is 36.1 Å². The van der Waals surface area contributed by atoms with Crippen LogP contribution in [0.5, 0.6) is 0 Å². The summed E-state index contributed by atoms with van der Waals surface area (Å²) in [4.78, 5) is 1.07. The van der Waals surface area contributed by atoms with E-state index in [1.54, 1.807) is 6.92 Å². The lowest BCUT2D eigenvalue weighted by Gasteiger charge is -2.22. The molecule has 2 rings (SSSR count). The highest BCUT2D eigenvalue weighted by molar-refractivity contribution is 7.89. The zero-order valence-electron chi connectivity index (χ0n) is 11.7. The molecule has 0 aliphatic carbocycles. The van der Waals surface area contributed by atoms with E-state index in [2.05, 4.69) is 4.72 Å². The van der Waals surface area contributed by atoms with Gasteiger partial charge >= 0.3 is 0 Å². The molecule has 7 heteroatoms. The first kappa shape index (κ1) is 15.9. The molecule has 0 saturated carbocycles. The Kier molecular flexibility index (Phi) is 5.57. The van der Waals surface area contributed by atoms with Gasteiger partial charge in [0, 0.05) is 24.6 Å². The number of nitrogens with one attached hydrogen (secondary N) is 1. The van der Waals surface area contributed by atoms with E-state index in [4.69, 9.17) is 10.5 Å². The molecule has 1 saturated heterocycles. The van der Waals surface area contributed by atoms with Gasteiger partial charge in [-0.15, -0.1) is 11.3 Å². The van der Waals surface area contributed by atoms with E-state index in [9.17, 15) is 8.42 Å². The van der Waals surface area contributed by atoms with E-state index in [0.717, 1.165) is 31.4 Å². The van der Waals surface area contributed by atoms with Crippen molar-refractivity contribution in [2.75, 3.05) is 13.2 Å². The summed E-state index contributed by atoms with van der Waals surface area (Å²) >= 11 is 1.40. The Hall–Kier alpha value is -0.470. The van der Waals surface area contributed by atoms with Crippen LogP contribution in [0.25, 0.3) is 0 Å². The molecule has 5 nitrogen and oxygen atoms in total. The van der Waals surface area contributed by atoms with E-state index in [1.165, 1.54) is 17.8 Å². The van der Waals surface area contributed by atoms with Crippen LogP contribution in [0.2, 0.25) is 0 Å².